The van der Waals surface area contributed by atoms with Crippen molar-refractivity contribution in [1.29, 1.82) is 0 Å². The predicted molar refractivity (Wildman–Crippen MR) is 117 cm³/mol. The first-order chi connectivity index (χ1) is 13.9. The molecule has 1 heterocycles. The van der Waals surface area contributed by atoms with Crippen molar-refractivity contribution in [3.8, 4) is 0 Å². The van der Waals surface area contributed by atoms with Gasteiger partial charge in [0.1, 0.15) is 0 Å². The van der Waals surface area contributed by atoms with Gasteiger partial charge in [0, 0.05) is 25.0 Å². The molecule has 0 saturated carbocycles. The van der Waals surface area contributed by atoms with Gasteiger partial charge in [-0.25, -0.2) is 8.42 Å². The maximum atomic E-state index is 13.0. The molecule has 0 radical (unpaired) electrons. The van der Waals surface area contributed by atoms with Crippen LogP contribution in [0.3, 0.4) is 0 Å². The second-order valence-electron chi connectivity index (χ2n) is 8.15. The molecule has 29 heavy (non-hydrogen) atoms. The van der Waals surface area contributed by atoms with Crippen LogP contribution < -0.4 is 10.6 Å². The lowest BCUT2D eigenvalue weighted by Crippen LogP contribution is -2.47. The van der Waals surface area contributed by atoms with Gasteiger partial charge in [0.05, 0.1) is 9.79 Å². The number of hydrogen-bond donors (Lipinski definition) is 2. The highest BCUT2D eigenvalue weighted by Crippen LogP contribution is 2.27. The molecule has 0 atom stereocenters. The van der Waals surface area contributed by atoms with E-state index >= 15 is 0 Å². The highest BCUT2D eigenvalue weighted by molar-refractivity contribution is 7.91. The Morgan fingerprint density at radius 1 is 1.00 bits per heavy atom. The molecule has 0 bridgehead atoms. The Balaban J connectivity index is 1.64. The van der Waals surface area contributed by atoms with Crippen molar-refractivity contribution < 1.29 is 8.42 Å². The molecule has 6 heteroatoms. The van der Waals surface area contributed by atoms with Crippen molar-refractivity contribution in [2.24, 2.45) is 10.4 Å². The molecule has 1 aliphatic heterocycles. The van der Waals surface area contributed by atoms with E-state index in [1.54, 1.807) is 36.4 Å². The van der Waals surface area contributed by atoms with Crippen LogP contribution >= 0.6 is 0 Å². The van der Waals surface area contributed by atoms with Crippen molar-refractivity contribution in [3.05, 3.63) is 72.3 Å². The molecule has 150 valence electrons. The number of nitrogens with zero attached hydrogens (tertiary/aromatic N) is 1. The predicted octanol–water partition coefficient (Wildman–Crippen LogP) is 3.75. The molecule has 0 saturated heterocycles. The molecule has 0 amide bonds. The number of guanidine groups is 1. The lowest BCUT2D eigenvalue weighted by atomic mass is 9.93. The number of nitrogens with one attached hydrogen (secondary N) is 2. The second-order valence-corrected chi connectivity index (χ2v) is 10.1. The van der Waals surface area contributed by atoms with E-state index in [-0.39, 0.29) is 5.41 Å². The molecule has 0 fully saturated rings. The molecule has 1 aliphatic rings. The molecule has 5 nitrogen and oxygen atoms in total. The van der Waals surface area contributed by atoms with Gasteiger partial charge in [0.2, 0.25) is 9.84 Å². The van der Waals surface area contributed by atoms with Crippen molar-refractivity contribution >= 4 is 26.6 Å². The van der Waals surface area contributed by atoms with Gasteiger partial charge in [-0.3, -0.25) is 4.99 Å². The van der Waals surface area contributed by atoms with E-state index in [1.807, 2.05) is 30.3 Å². The Hall–Kier alpha value is -2.86. The Bertz CT molecular complexity index is 1170. The lowest BCUT2D eigenvalue weighted by Gasteiger charge is -2.29. The highest BCUT2D eigenvalue weighted by atomic mass is 32.2. The summed E-state index contributed by atoms with van der Waals surface area (Å²) in [6, 6.07) is 19.9. The van der Waals surface area contributed by atoms with Gasteiger partial charge in [-0.1, -0.05) is 56.3 Å². The van der Waals surface area contributed by atoms with Gasteiger partial charge >= 0.3 is 0 Å². The molecule has 3 aromatic rings. The van der Waals surface area contributed by atoms with Crippen LogP contribution in [0.4, 0.5) is 0 Å². The van der Waals surface area contributed by atoms with Gasteiger partial charge in [-0.2, -0.15) is 0 Å². The second kappa shape index (κ2) is 7.52. The van der Waals surface area contributed by atoms with Crippen LogP contribution in [-0.2, 0) is 16.4 Å². The number of benzene rings is 3. The fourth-order valence-corrected chi connectivity index (χ4v) is 4.71. The SMILES string of the molecule is CC1(C)CN=C(NCc2cccc3ccc(S(=O)(=O)c4ccccc4)cc23)NC1. The summed E-state index contributed by atoms with van der Waals surface area (Å²) in [4.78, 5) is 5.18. The smallest absolute Gasteiger partial charge is 0.206 e. The maximum Gasteiger partial charge on any atom is 0.206 e. The Morgan fingerprint density at radius 2 is 1.79 bits per heavy atom. The molecule has 4 rings (SSSR count). The molecular formula is C23H25N3O2S. The zero-order valence-electron chi connectivity index (χ0n) is 16.6. The van der Waals surface area contributed by atoms with Crippen LogP contribution in [0.1, 0.15) is 19.4 Å². The monoisotopic (exact) mass is 407 g/mol. The first kappa shape index (κ1) is 19.5. The molecule has 0 aliphatic carbocycles. The molecule has 0 unspecified atom stereocenters. The average Bonchev–Trinajstić information content (AvgIpc) is 2.73. The van der Waals surface area contributed by atoms with Crippen LogP contribution in [0.25, 0.3) is 10.8 Å². The molecule has 0 aromatic heterocycles. The first-order valence-electron chi connectivity index (χ1n) is 9.69. The summed E-state index contributed by atoms with van der Waals surface area (Å²) in [5.74, 6) is 0.786. The zero-order valence-corrected chi connectivity index (χ0v) is 17.5. The molecular weight excluding hydrogens is 382 g/mol. The third-order valence-electron chi connectivity index (χ3n) is 5.15. The minimum Gasteiger partial charge on any atom is -0.356 e. The van der Waals surface area contributed by atoms with Crippen molar-refractivity contribution in [1.82, 2.24) is 10.6 Å². The Kier molecular flexibility index (Phi) is 5.04. The van der Waals surface area contributed by atoms with Crippen molar-refractivity contribution in [3.63, 3.8) is 0 Å². The number of hydrogen-bond acceptors (Lipinski definition) is 5. The highest BCUT2D eigenvalue weighted by Gasteiger charge is 2.22. The van der Waals surface area contributed by atoms with Crippen LogP contribution in [0, 0.1) is 5.41 Å². The van der Waals surface area contributed by atoms with Gasteiger partial charge in [0.25, 0.3) is 0 Å². The summed E-state index contributed by atoms with van der Waals surface area (Å²) >= 11 is 0. The minimum atomic E-state index is -3.55. The maximum absolute atomic E-state index is 13.0. The van der Waals surface area contributed by atoms with E-state index in [2.05, 4.69) is 29.5 Å². The topological polar surface area (TPSA) is 70.6 Å². The average molecular weight is 408 g/mol. The van der Waals surface area contributed by atoms with Crippen LogP contribution in [0.2, 0.25) is 0 Å². The fourth-order valence-electron chi connectivity index (χ4n) is 3.40. The zero-order chi connectivity index (χ0) is 20.5. The molecule has 0 spiro atoms. The minimum absolute atomic E-state index is 0.158. The number of rotatable bonds is 4. The van der Waals surface area contributed by atoms with Crippen LogP contribution in [-0.4, -0.2) is 27.5 Å². The fraction of sp³-hybridized carbons (Fsp3) is 0.261. The van der Waals surface area contributed by atoms with E-state index in [0.29, 0.717) is 16.3 Å². The number of sulfone groups is 1. The lowest BCUT2D eigenvalue weighted by molar-refractivity contribution is 0.358. The largest absolute Gasteiger partial charge is 0.356 e. The molecule has 2 N–H and O–H groups in total. The van der Waals surface area contributed by atoms with Crippen LogP contribution in [0.15, 0.2) is 81.5 Å². The molecule has 3 aromatic carbocycles. The normalized spacial score (nSPS) is 16.1. The van der Waals surface area contributed by atoms with Gasteiger partial charge in [-0.05, 0) is 40.6 Å². The first-order valence-corrected chi connectivity index (χ1v) is 11.2. The van der Waals surface area contributed by atoms with E-state index in [9.17, 15) is 8.42 Å². The van der Waals surface area contributed by atoms with Crippen LogP contribution in [0.5, 0.6) is 0 Å². The Morgan fingerprint density at radius 3 is 2.52 bits per heavy atom. The van der Waals surface area contributed by atoms with Crippen molar-refractivity contribution in [2.75, 3.05) is 13.1 Å². The summed E-state index contributed by atoms with van der Waals surface area (Å²) in [6.45, 7) is 6.57. The summed E-state index contributed by atoms with van der Waals surface area (Å²) in [5, 5.41) is 8.61. The summed E-state index contributed by atoms with van der Waals surface area (Å²) < 4.78 is 26.0. The summed E-state index contributed by atoms with van der Waals surface area (Å²) in [6.07, 6.45) is 0. The summed E-state index contributed by atoms with van der Waals surface area (Å²) in [7, 11) is -3.55. The van der Waals surface area contributed by atoms with E-state index < -0.39 is 9.84 Å². The van der Waals surface area contributed by atoms with E-state index in [0.717, 1.165) is 35.4 Å². The third-order valence-corrected chi connectivity index (χ3v) is 6.92. The van der Waals surface area contributed by atoms with Crippen molar-refractivity contribution in [2.45, 2.75) is 30.2 Å². The van der Waals surface area contributed by atoms with E-state index in [4.69, 9.17) is 0 Å². The Labute approximate surface area is 171 Å². The van der Waals surface area contributed by atoms with E-state index in [1.165, 1.54) is 0 Å². The van der Waals surface area contributed by atoms with Gasteiger partial charge < -0.3 is 10.6 Å². The van der Waals surface area contributed by atoms with Gasteiger partial charge in [0.15, 0.2) is 5.96 Å². The number of aliphatic imine (C=N–C) groups is 1. The number of fused-ring (bicyclic) bond motifs is 1. The summed E-state index contributed by atoms with van der Waals surface area (Å²) in [5.41, 5.74) is 1.19. The third kappa shape index (κ3) is 4.12. The van der Waals surface area contributed by atoms with Gasteiger partial charge in [-0.15, -0.1) is 0 Å². The quantitative estimate of drug-likeness (QED) is 0.691. The standard InChI is InChI=1S/C23H25N3O2S/c1-23(2)15-25-22(26-16-23)24-14-18-8-6-7-17-11-12-20(13-21(17)18)29(27,28)19-9-4-3-5-10-19/h3-13H,14-16H2,1-2H3,(H2,24,25,26).